The molecule has 0 fully saturated rings. The first-order valence-electron chi connectivity index (χ1n) is 5.81. The Morgan fingerprint density at radius 2 is 1.86 bits per heavy atom. The number of halogens is 3. The van der Waals surface area contributed by atoms with Crippen molar-refractivity contribution in [2.45, 2.75) is 0 Å². The summed E-state index contributed by atoms with van der Waals surface area (Å²) in [6.45, 7) is 0. The van der Waals surface area contributed by atoms with Gasteiger partial charge in [-0.25, -0.2) is 0 Å². The number of carbonyl (C=O) groups is 1. The van der Waals surface area contributed by atoms with E-state index in [1.165, 1.54) is 7.11 Å². The van der Waals surface area contributed by atoms with Gasteiger partial charge in [0.25, 0.3) is 5.91 Å². The van der Waals surface area contributed by atoms with Crippen LogP contribution >= 0.6 is 47.8 Å². The third kappa shape index (κ3) is 3.78. The second kappa shape index (κ2) is 6.81. The maximum absolute atomic E-state index is 12.4. The number of rotatable bonds is 3. The van der Waals surface area contributed by atoms with Crippen LogP contribution in [0, 0.1) is 0 Å². The Balaban J connectivity index is 2.35. The van der Waals surface area contributed by atoms with Crippen LogP contribution in [0.5, 0.6) is 5.75 Å². The summed E-state index contributed by atoms with van der Waals surface area (Å²) >= 11 is 10.1. The summed E-state index contributed by atoms with van der Waals surface area (Å²) in [4.78, 5) is 12.4. The molecule has 0 heterocycles. The quantitative estimate of drug-likeness (QED) is 0.622. The number of carbonyl (C=O) groups excluding carboxylic acids is 1. The van der Waals surface area contributed by atoms with Crippen molar-refractivity contribution in [2.24, 2.45) is 0 Å². The van der Waals surface area contributed by atoms with Crippen LogP contribution in [0.25, 0.3) is 0 Å². The molecule has 21 heavy (non-hydrogen) atoms. The van der Waals surface area contributed by atoms with E-state index in [1.54, 1.807) is 24.3 Å². The summed E-state index contributed by atoms with van der Waals surface area (Å²) in [7, 11) is 1.52. The smallest absolute Gasteiger partial charge is 0.259 e. The van der Waals surface area contributed by atoms with Crippen LogP contribution in [0.15, 0.2) is 43.7 Å². The molecule has 0 aliphatic carbocycles. The average molecular weight is 479 g/mol. The van der Waals surface area contributed by atoms with Crippen molar-refractivity contribution in [3.05, 3.63) is 49.3 Å². The molecule has 0 radical (unpaired) electrons. The van der Waals surface area contributed by atoms with Crippen molar-refractivity contribution < 1.29 is 9.53 Å². The predicted octanol–water partition coefficient (Wildman–Crippen LogP) is 4.82. The van der Waals surface area contributed by atoms with E-state index in [0.717, 1.165) is 8.95 Å². The average Bonchev–Trinajstić information content (AvgIpc) is 2.42. The van der Waals surface area contributed by atoms with Gasteiger partial charge in [-0.05, 0) is 46.3 Å². The van der Waals surface area contributed by atoms with Crippen LogP contribution in [-0.2, 0) is 0 Å². The van der Waals surface area contributed by atoms with Gasteiger partial charge in [-0.2, -0.15) is 0 Å². The number of nitrogens with two attached hydrogens (primary N) is 1. The first-order chi connectivity index (χ1) is 9.92. The highest BCUT2D eigenvalue weighted by molar-refractivity contribution is 9.11. The van der Waals surface area contributed by atoms with Crippen LogP contribution in [0.4, 0.5) is 11.4 Å². The molecule has 2 aromatic carbocycles. The van der Waals surface area contributed by atoms with Gasteiger partial charge in [0.1, 0.15) is 5.75 Å². The number of benzene rings is 2. The highest BCUT2D eigenvalue weighted by Crippen LogP contribution is 2.33. The Morgan fingerprint density at radius 3 is 2.48 bits per heavy atom. The number of hydrogen-bond acceptors (Lipinski definition) is 3. The third-order valence-electron chi connectivity index (χ3n) is 2.73. The Morgan fingerprint density at radius 1 is 1.14 bits per heavy atom. The predicted molar refractivity (Wildman–Crippen MR) is 94.9 cm³/mol. The lowest BCUT2D eigenvalue weighted by molar-refractivity contribution is 0.102. The third-order valence-corrected chi connectivity index (χ3v) is 4.31. The SMILES string of the molecule is COc1cc(Br)ccc1C(=O)Nc1c(N)cc(Br)cc1Br. The molecule has 0 aliphatic rings. The van der Waals surface area contributed by atoms with Gasteiger partial charge in [0.2, 0.25) is 0 Å². The van der Waals surface area contributed by atoms with Gasteiger partial charge in [0.05, 0.1) is 24.0 Å². The van der Waals surface area contributed by atoms with Gasteiger partial charge in [-0.15, -0.1) is 0 Å². The Kier molecular flexibility index (Phi) is 5.29. The Labute approximate surface area is 147 Å². The molecule has 1 amide bonds. The van der Waals surface area contributed by atoms with Crippen LogP contribution in [-0.4, -0.2) is 13.0 Å². The largest absolute Gasteiger partial charge is 0.496 e. The molecular formula is C14H11Br3N2O2. The van der Waals surface area contributed by atoms with E-state index in [0.29, 0.717) is 27.2 Å². The fourth-order valence-corrected chi connectivity index (χ4v) is 3.46. The number of methoxy groups -OCH3 is 1. The highest BCUT2D eigenvalue weighted by atomic mass is 79.9. The topological polar surface area (TPSA) is 64.3 Å². The molecule has 0 atom stereocenters. The van der Waals surface area contributed by atoms with Gasteiger partial charge in [0.15, 0.2) is 0 Å². The van der Waals surface area contributed by atoms with Gasteiger partial charge in [-0.1, -0.05) is 31.9 Å². The van der Waals surface area contributed by atoms with E-state index in [9.17, 15) is 4.79 Å². The number of anilines is 2. The van der Waals surface area contributed by atoms with Crippen molar-refractivity contribution in [2.75, 3.05) is 18.2 Å². The minimum absolute atomic E-state index is 0.297. The highest BCUT2D eigenvalue weighted by Gasteiger charge is 2.16. The molecule has 110 valence electrons. The maximum Gasteiger partial charge on any atom is 0.259 e. The summed E-state index contributed by atoms with van der Waals surface area (Å²) in [5.74, 6) is 0.183. The standard InChI is InChI=1S/C14H11Br3N2O2/c1-21-12-6-7(15)2-3-9(12)14(20)19-13-10(17)4-8(16)5-11(13)18/h2-6H,18H2,1H3,(H,19,20). The van der Waals surface area contributed by atoms with Crippen LogP contribution < -0.4 is 15.8 Å². The molecule has 0 bridgehead atoms. The molecule has 0 spiro atoms. The molecule has 3 N–H and O–H groups in total. The molecule has 4 nitrogen and oxygen atoms in total. The molecule has 7 heteroatoms. The molecule has 0 aliphatic heterocycles. The van der Waals surface area contributed by atoms with Gasteiger partial charge in [-0.3, -0.25) is 4.79 Å². The lowest BCUT2D eigenvalue weighted by atomic mass is 10.1. The zero-order valence-corrected chi connectivity index (χ0v) is 15.7. The molecule has 0 unspecified atom stereocenters. The fraction of sp³-hybridized carbons (Fsp3) is 0.0714. The number of hydrogen-bond donors (Lipinski definition) is 2. The normalized spacial score (nSPS) is 10.3. The Hall–Kier alpha value is -1.05. The lowest BCUT2D eigenvalue weighted by Crippen LogP contribution is -2.14. The second-order valence-corrected chi connectivity index (χ2v) is 6.84. The van der Waals surface area contributed by atoms with E-state index >= 15 is 0 Å². The first kappa shape index (κ1) is 16.3. The lowest BCUT2D eigenvalue weighted by Gasteiger charge is -2.13. The number of nitrogens with one attached hydrogen (secondary N) is 1. The van der Waals surface area contributed by atoms with Gasteiger partial charge in [0, 0.05) is 13.4 Å². The van der Waals surface area contributed by atoms with Crippen molar-refractivity contribution in [3.63, 3.8) is 0 Å². The van der Waals surface area contributed by atoms with E-state index in [4.69, 9.17) is 10.5 Å². The summed E-state index contributed by atoms with van der Waals surface area (Å²) in [5.41, 5.74) is 7.34. The van der Waals surface area contributed by atoms with Crippen LogP contribution in [0.3, 0.4) is 0 Å². The van der Waals surface area contributed by atoms with E-state index in [2.05, 4.69) is 53.1 Å². The number of ether oxygens (including phenoxy) is 1. The van der Waals surface area contributed by atoms with E-state index < -0.39 is 0 Å². The monoisotopic (exact) mass is 476 g/mol. The maximum atomic E-state index is 12.4. The minimum Gasteiger partial charge on any atom is -0.496 e. The number of amides is 1. The molecule has 2 rings (SSSR count). The van der Waals surface area contributed by atoms with Crippen molar-refractivity contribution in [1.29, 1.82) is 0 Å². The zero-order valence-electron chi connectivity index (χ0n) is 10.9. The minimum atomic E-state index is -0.297. The Bertz CT molecular complexity index is 682. The van der Waals surface area contributed by atoms with Crippen molar-refractivity contribution in [1.82, 2.24) is 0 Å². The molecule has 0 saturated heterocycles. The summed E-state index contributed by atoms with van der Waals surface area (Å²) in [5, 5.41) is 2.79. The number of nitrogen functional groups attached to an aromatic ring is 1. The van der Waals surface area contributed by atoms with E-state index in [1.807, 2.05) is 6.07 Å². The van der Waals surface area contributed by atoms with Gasteiger partial charge >= 0.3 is 0 Å². The van der Waals surface area contributed by atoms with Gasteiger partial charge < -0.3 is 15.8 Å². The second-order valence-electron chi connectivity index (χ2n) is 4.15. The zero-order chi connectivity index (χ0) is 15.6. The molecular weight excluding hydrogens is 468 g/mol. The van der Waals surface area contributed by atoms with Crippen molar-refractivity contribution in [3.8, 4) is 5.75 Å². The molecule has 0 aromatic heterocycles. The fourth-order valence-electron chi connectivity index (χ4n) is 1.76. The van der Waals surface area contributed by atoms with E-state index in [-0.39, 0.29) is 5.91 Å². The summed E-state index contributed by atoms with van der Waals surface area (Å²) in [6.07, 6.45) is 0. The first-order valence-corrected chi connectivity index (χ1v) is 8.19. The van der Waals surface area contributed by atoms with Crippen LogP contribution in [0.1, 0.15) is 10.4 Å². The summed E-state index contributed by atoms with van der Waals surface area (Å²) in [6, 6.07) is 8.72. The molecule has 0 saturated carbocycles. The van der Waals surface area contributed by atoms with Crippen LogP contribution in [0.2, 0.25) is 0 Å². The molecule has 2 aromatic rings. The van der Waals surface area contributed by atoms with Crippen molar-refractivity contribution >= 4 is 65.1 Å². The summed E-state index contributed by atoms with van der Waals surface area (Å²) < 4.78 is 7.58.